The molecule has 3 rings (SSSR count). The van der Waals surface area contributed by atoms with Gasteiger partial charge < -0.3 is 15.2 Å². The molecule has 1 unspecified atom stereocenters. The summed E-state index contributed by atoms with van der Waals surface area (Å²) in [4.78, 5) is 26.7. The lowest BCUT2D eigenvalue weighted by Crippen LogP contribution is -2.33. The molecule has 0 saturated carbocycles. The van der Waals surface area contributed by atoms with E-state index in [2.05, 4.69) is 21.9 Å². The van der Waals surface area contributed by atoms with Crippen LogP contribution in [-0.2, 0) is 11.3 Å². The molecule has 2 aromatic rings. The number of anilines is 1. The smallest absolute Gasteiger partial charge is 0.224 e. The van der Waals surface area contributed by atoms with Gasteiger partial charge in [0.25, 0.3) is 0 Å². The van der Waals surface area contributed by atoms with Gasteiger partial charge in [-0.25, -0.2) is 15.0 Å². The van der Waals surface area contributed by atoms with Gasteiger partial charge in [0.15, 0.2) is 11.5 Å². The Hall–Kier alpha value is -1.83. The minimum atomic E-state index is 0.193. The van der Waals surface area contributed by atoms with E-state index in [1.54, 1.807) is 6.33 Å². The van der Waals surface area contributed by atoms with Gasteiger partial charge in [0.2, 0.25) is 5.91 Å². The number of fused-ring (bicyclic) bond motifs is 1. The standard InChI is InChI=1S/C14H20N6OS/c1-10-2-4-19(6-7-22-10)11(21)3-5-20-9-18-12-13(15)16-8-17-14(12)20/h8-10H,2-7H2,1H3,(H2,15,16,17). The van der Waals surface area contributed by atoms with Gasteiger partial charge in [-0.2, -0.15) is 11.8 Å². The molecule has 1 fully saturated rings. The molecular formula is C14H20N6OS. The third-order valence-corrected chi connectivity index (χ3v) is 5.14. The zero-order valence-corrected chi connectivity index (χ0v) is 13.4. The Kier molecular flexibility index (Phi) is 4.47. The average Bonchev–Trinajstić information content (AvgIpc) is 2.80. The van der Waals surface area contributed by atoms with Crippen LogP contribution in [0.15, 0.2) is 12.7 Å². The zero-order valence-electron chi connectivity index (χ0n) is 12.6. The summed E-state index contributed by atoms with van der Waals surface area (Å²) in [6.07, 6.45) is 4.61. The summed E-state index contributed by atoms with van der Waals surface area (Å²) in [6, 6.07) is 0. The summed E-state index contributed by atoms with van der Waals surface area (Å²) in [7, 11) is 0. The summed E-state index contributed by atoms with van der Waals surface area (Å²) in [6.45, 7) is 4.48. The highest BCUT2D eigenvalue weighted by Gasteiger charge is 2.19. The number of thioether (sulfide) groups is 1. The first kappa shape index (κ1) is 15.1. The van der Waals surface area contributed by atoms with Crippen LogP contribution in [0, 0.1) is 0 Å². The number of carbonyl (C=O) groups is 1. The maximum Gasteiger partial charge on any atom is 0.224 e. The fourth-order valence-corrected chi connectivity index (χ4v) is 3.58. The van der Waals surface area contributed by atoms with Gasteiger partial charge >= 0.3 is 0 Å². The summed E-state index contributed by atoms with van der Waals surface area (Å²) >= 11 is 1.94. The van der Waals surface area contributed by atoms with E-state index in [4.69, 9.17) is 5.73 Å². The molecule has 1 amide bonds. The highest BCUT2D eigenvalue weighted by molar-refractivity contribution is 7.99. The minimum absolute atomic E-state index is 0.193. The molecular weight excluding hydrogens is 300 g/mol. The Bertz CT molecular complexity index is 672. The van der Waals surface area contributed by atoms with Crippen LogP contribution in [0.1, 0.15) is 19.8 Å². The lowest BCUT2D eigenvalue weighted by molar-refractivity contribution is -0.131. The molecule has 1 saturated heterocycles. The van der Waals surface area contributed by atoms with Crippen molar-refractivity contribution >= 4 is 34.7 Å². The Morgan fingerprint density at radius 1 is 1.41 bits per heavy atom. The second kappa shape index (κ2) is 6.51. The van der Waals surface area contributed by atoms with Crippen molar-refractivity contribution in [2.75, 3.05) is 24.6 Å². The number of amides is 1. The molecule has 2 N–H and O–H groups in total. The van der Waals surface area contributed by atoms with Gasteiger partial charge in [-0.05, 0) is 6.42 Å². The Balaban J connectivity index is 1.64. The van der Waals surface area contributed by atoms with Crippen molar-refractivity contribution < 1.29 is 4.79 Å². The molecule has 1 atom stereocenters. The largest absolute Gasteiger partial charge is 0.382 e. The molecule has 0 aromatic carbocycles. The van der Waals surface area contributed by atoms with Crippen LogP contribution in [0.3, 0.4) is 0 Å². The van der Waals surface area contributed by atoms with Crippen LogP contribution in [-0.4, -0.2) is 54.4 Å². The van der Waals surface area contributed by atoms with Crippen LogP contribution in [0.25, 0.3) is 11.2 Å². The lowest BCUT2D eigenvalue weighted by atomic mass is 10.3. The monoisotopic (exact) mass is 320 g/mol. The minimum Gasteiger partial charge on any atom is -0.382 e. The first-order chi connectivity index (χ1) is 10.6. The van der Waals surface area contributed by atoms with Gasteiger partial charge in [-0.3, -0.25) is 4.79 Å². The summed E-state index contributed by atoms with van der Waals surface area (Å²) < 4.78 is 1.86. The molecule has 0 spiro atoms. The Morgan fingerprint density at radius 3 is 3.14 bits per heavy atom. The third kappa shape index (κ3) is 3.16. The van der Waals surface area contributed by atoms with Crippen molar-refractivity contribution in [2.24, 2.45) is 0 Å². The fraction of sp³-hybridized carbons (Fsp3) is 0.571. The predicted molar refractivity (Wildman–Crippen MR) is 87.5 cm³/mol. The third-order valence-electron chi connectivity index (χ3n) is 3.92. The highest BCUT2D eigenvalue weighted by Crippen LogP contribution is 2.19. The number of aryl methyl sites for hydroxylation is 1. The van der Waals surface area contributed by atoms with Crippen LogP contribution in [0.4, 0.5) is 5.82 Å². The van der Waals surface area contributed by atoms with Crippen molar-refractivity contribution in [1.82, 2.24) is 24.4 Å². The van der Waals surface area contributed by atoms with Crippen molar-refractivity contribution in [1.29, 1.82) is 0 Å². The molecule has 7 nitrogen and oxygen atoms in total. The summed E-state index contributed by atoms with van der Waals surface area (Å²) in [5, 5.41) is 0.634. The van der Waals surface area contributed by atoms with Crippen LogP contribution in [0.5, 0.6) is 0 Å². The van der Waals surface area contributed by atoms with E-state index in [1.807, 2.05) is 21.2 Å². The van der Waals surface area contributed by atoms with E-state index in [9.17, 15) is 4.79 Å². The molecule has 118 valence electrons. The molecule has 0 aliphatic carbocycles. The van der Waals surface area contributed by atoms with E-state index in [0.29, 0.717) is 35.2 Å². The molecule has 8 heteroatoms. The maximum absolute atomic E-state index is 12.4. The molecule has 0 bridgehead atoms. The van der Waals surface area contributed by atoms with Crippen molar-refractivity contribution in [2.45, 2.75) is 31.6 Å². The van der Waals surface area contributed by atoms with E-state index >= 15 is 0 Å². The van der Waals surface area contributed by atoms with Crippen molar-refractivity contribution in [3.63, 3.8) is 0 Å². The van der Waals surface area contributed by atoms with E-state index in [-0.39, 0.29) is 5.91 Å². The quantitative estimate of drug-likeness (QED) is 0.912. The van der Waals surface area contributed by atoms with Gasteiger partial charge in [-0.15, -0.1) is 0 Å². The van der Waals surface area contributed by atoms with Gasteiger partial charge in [-0.1, -0.05) is 6.92 Å². The summed E-state index contributed by atoms with van der Waals surface area (Å²) in [5.41, 5.74) is 7.04. The first-order valence-corrected chi connectivity index (χ1v) is 8.50. The van der Waals surface area contributed by atoms with Gasteiger partial charge in [0.1, 0.15) is 11.8 Å². The molecule has 1 aliphatic heterocycles. The normalized spacial score (nSPS) is 19.3. The molecule has 22 heavy (non-hydrogen) atoms. The molecule has 3 heterocycles. The fourth-order valence-electron chi connectivity index (χ4n) is 2.58. The van der Waals surface area contributed by atoms with Crippen LogP contribution < -0.4 is 5.73 Å². The van der Waals surface area contributed by atoms with E-state index in [1.165, 1.54) is 6.33 Å². The summed E-state index contributed by atoms with van der Waals surface area (Å²) in [5.74, 6) is 1.58. The van der Waals surface area contributed by atoms with Gasteiger partial charge in [0.05, 0.1) is 6.33 Å². The van der Waals surface area contributed by atoms with Crippen LogP contribution >= 0.6 is 11.8 Å². The second-order valence-corrected chi connectivity index (χ2v) is 7.02. The lowest BCUT2D eigenvalue weighted by Gasteiger charge is -2.20. The number of nitrogens with zero attached hydrogens (tertiary/aromatic N) is 5. The van der Waals surface area contributed by atoms with E-state index in [0.717, 1.165) is 25.3 Å². The zero-order chi connectivity index (χ0) is 15.5. The number of imidazole rings is 1. The molecule has 2 aromatic heterocycles. The average molecular weight is 320 g/mol. The number of hydrogen-bond donors (Lipinski definition) is 1. The number of carbonyl (C=O) groups excluding carboxylic acids is 1. The topological polar surface area (TPSA) is 89.9 Å². The number of aromatic nitrogens is 4. The van der Waals surface area contributed by atoms with Crippen LogP contribution in [0.2, 0.25) is 0 Å². The number of nitrogens with two attached hydrogens (primary N) is 1. The Labute approximate surface area is 133 Å². The SMILES string of the molecule is CC1CCN(C(=O)CCn2cnc3c(N)ncnc32)CCS1. The second-order valence-electron chi connectivity index (χ2n) is 5.47. The molecule has 1 aliphatic rings. The van der Waals surface area contributed by atoms with Gasteiger partial charge in [0, 0.05) is 37.1 Å². The number of hydrogen-bond acceptors (Lipinski definition) is 6. The van der Waals surface area contributed by atoms with E-state index < -0.39 is 0 Å². The van der Waals surface area contributed by atoms with Crippen molar-refractivity contribution in [3.05, 3.63) is 12.7 Å². The first-order valence-electron chi connectivity index (χ1n) is 7.46. The van der Waals surface area contributed by atoms with Crippen molar-refractivity contribution in [3.8, 4) is 0 Å². The number of rotatable bonds is 3. The maximum atomic E-state index is 12.4. The predicted octanol–water partition coefficient (Wildman–Crippen LogP) is 1.15. The number of nitrogen functional groups attached to an aromatic ring is 1. The Morgan fingerprint density at radius 2 is 2.27 bits per heavy atom. The highest BCUT2D eigenvalue weighted by atomic mass is 32.2. The molecule has 0 radical (unpaired) electrons.